The van der Waals surface area contributed by atoms with E-state index in [0.717, 1.165) is 4.47 Å². The maximum absolute atomic E-state index is 12.6. The zero-order chi connectivity index (χ0) is 17.1. The van der Waals surface area contributed by atoms with Crippen LogP contribution in [0.3, 0.4) is 0 Å². The van der Waals surface area contributed by atoms with Crippen LogP contribution in [-0.2, 0) is 9.59 Å². The van der Waals surface area contributed by atoms with Crippen molar-refractivity contribution in [3.8, 4) is 11.5 Å². The molecule has 3 rings (SSSR count). The van der Waals surface area contributed by atoms with Crippen molar-refractivity contribution >= 4 is 33.4 Å². The van der Waals surface area contributed by atoms with Crippen molar-refractivity contribution in [2.24, 2.45) is 5.73 Å². The average Bonchev–Trinajstić information content (AvgIpc) is 2.59. The highest BCUT2D eigenvalue weighted by molar-refractivity contribution is 9.10. The van der Waals surface area contributed by atoms with Crippen molar-refractivity contribution in [2.75, 3.05) is 18.1 Å². The second-order valence-corrected chi connectivity index (χ2v) is 6.05. The molecule has 0 aromatic heterocycles. The summed E-state index contributed by atoms with van der Waals surface area (Å²) in [4.78, 5) is 25.5. The number of carbonyl (C=O) groups is 2. The molecule has 1 aliphatic rings. The van der Waals surface area contributed by atoms with Crippen LogP contribution in [0.15, 0.2) is 53.0 Å². The largest absolute Gasteiger partial charge is 0.483 e. The van der Waals surface area contributed by atoms with Crippen LogP contribution in [-0.4, -0.2) is 31.1 Å². The number of hydrogen-bond donors (Lipinski definition) is 1. The molecule has 6 nitrogen and oxygen atoms in total. The summed E-state index contributed by atoms with van der Waals surface area (Å²) in [6, 6.07) is 14.3. The van der Waals surface area contributed by atoms with E-state index < -0.39 is 12.0 Å². The molecule has 124 valence electrons. The smallest absolute Gasteiger partial charge is 0.265 e. The first-order valence-corrected chi connectivity index (χ1v) is 8.08. The summed E-state index contributed by atoms with van der Waals surface area (Å²) in [5.74, 6) is 0.113. The van der Waals surface area contributed by atoms with E-state index in [2.05, 4.69) is 15.9 Å². The van der Waals surface area contributed by atoms with Gasteiger partial charge in [-0.15, -0.1) is 0 Å². The zero-order valence-corrected chi connectivity index (χ0v) is 14.2. The minimum atomic E-state index is -0.882. The molecule has 0 radical (unpaired) electrons. The fraction of sp³-hybridized carbons (Fsp3) is 0.176. The molecule has 1 heterocycles. The molecule has 0 aliphatic carbocycles. The summed E-state index contributed by atoms with van der Waals surface area (Å²) < 4.78 is 11.9. The quantitative estimate of drug-likeness (QED) is 0.866. The van der Waals surface area contributed by atoms with E-state index >= 15 is 0 Å². The Bertz CT molecular complexity index is 781. The second kappa shape index (κ2) is 6.92. The van der Waals surface area contributed by atoms with Gasteiger partial charge in [-0.2, -0.15) is 0 Å². The number of nitrogens with zero attached hydrogens (tertiary/aromatic N) is 1. The van der Waals surface area contributed by atoms with Crippen LogP contribution in [0.5, 0.6) is 11.5 Å². The van der Waals surface area contributed by atoms with Gasteiger partial charge in [0.15, 0.2) is 12.7 Å². The van der Waals surface area contributed by atoms with Gasteiger partial charge in [0, 0.05) is 0 Å². The van der Waals surface area contributed by atoms with Gasteiger partial charge in [-0.25, -0.2) is 0 Å². The molecule has 7 heteroatoms. The summed E-state index contributed by atoms with van der Waals surface area (Å²) in [7, 11) is 0. The van der Waals surface area contributed by atoms with Crippen molar-refractivity contribution in [1.29, 1.82) is 0 Å². The molecule has 1 aliphatic heterocycles. The van der Waals surface area contributed by atoms with Crippen LogP contribution in [0.25, 0.3) is 0 Å². The van der Waals surface area contributed by atoms with Crippen molar-refractivity contribution in [3.63, 3.8) is 0 Å². The van der Waals surface area contributed by atoms with Gasteiger partial charge in [-0.1, -0.05) is 24.3 Å². The Balaban J connectivity index is 1.78. The molecular formula is C17H15BrN2O4. The number of amides is 2. The second-order valence-electron chi connectivity index (χ2n) is 5.20. The molecule has 2 aromatic carbocycles. The summed E-state index contributed by atoms with van der Waals surface area (Å²) in [6.07, 6.45) is -0.882. The fourth-order valence-corrected chi connectivity index (χ4v) is 2.80. The monoisotopic (exact) mass is 390 g/mol. The first-order valence-electron chi connectivity index (χ1n) is 7.29. The lowest BCUT2D eigenvalue weighted by atomic mass is 10.2. The highest BCUT2D eigenvalue weighted by Gasteiger charge is 2.32. The van der Waals surface area contributed by atoms with Gasteiger partial charge in [0.25, 0.3) is 11.8 Å². The van der Waals surface area contributed by atoms with Crippen LogP contribution in [0, 0.1) is 0 Å². The molecule has 0 saturated carbocycles. The Morgan fingerprint density at radius 1 is 1.21 bits per heavy atom. The van der Waals surface area contributed by atoms with Crippen molar-refractivity contribution in [2.45, 2.75) is 6.10 Å². The number of fused-ring (bicyclic) bond motifs is 1. The first kappa shape index (κ1) is 16.3. The molecule has 0 spiro atoms. The van der Waals surface area contributed by atoms with Gasteiger partial charge in [-0.05, 0) is 40.2 Å². The summed E-state index contributed by atoms with van der Waals surface area (Å²) in [5, 5.41) is 0. The van der Waals surface area contributed by atoms with Gasteiger partial charge in [-0.3, -0.25) is 9.59 Å². The Labute approximate surface area is 147 Å². The molecule has 1 atom stereocenters. The highest BCUT2D eigenvalue weighted by Crippen LogP contribution is 2.33. The average molecular weight is 391 g/mol. The molecule has 0 saturated heterocycles. The van der Waals surface area contributed by atoms with Gasteiger partial charge in [0.1, 0.15) is 11.5 Å². The van der Waals surface area contributed by atoms with E-state index in [1.165, 1.54) is 4.90 Å². The number of nitrogens with two attached hydrogens (primary N) is 1. The van der Waals surface area contributed by atoms with Crippen molar-refractivity contribution in [1.82, 2.24) is 0 Å². The molecule has 0 fully saturated rings. The van der Waals surface area contributed by atoms with Crippen LogP contribution in [0.4, 0.5) is 5.69 Å². The summed E-state index contributed by atoms with van der Waals surface area (Å²) in [6.45, 7) is -0.104. The number of primary amides is 1. The van der Waals surface area contributed by atoms with E-state index in [1.807, 2.05) is 18.2 Å². The van der Waals surface area contributed by atoms with E-state index in [-0.39, 0.29) is 19.1 Å². The van der Waals surface area contributed by atoms with Crippen LogP contribution < -0.4 is 20.1 Å². The summed E-state index contributed by atoms with van der Waals surface area (Å²) in [5.41, 5.74) is 5.93. The number of halogens is 1. The standard InChI is InChI=1S/C17H15BrN2O4/c18-11-5-1-3-7-13(11)23-10-16(21)20-9-15(17(19)22)24-14-8-4-2-6-12(14)20/h1-8,15H,9-10H2,(H2,19,22). The topological polar surface area (TPSA) is 81.9 Å². The Kier molecular flexibility index (Phi) is 4.71. The van der Waals surface area contributed by atoms with Gasteiger partial charge < -0.3 is 20.1 Å². The zero-order valence-electron chi connectivity index (χ0n) is 12.6. The van der Waals surface area contributed by atoms with Crippen molar-refractivity contribution < 1.29 is 19.1 Å². The Morgan fingerprint density at radius 3 is 2.67 bits per heavy atom. The maximum Gasteiger partial charge on any atom is 0.265 e. The molecular weight excluding hydrogens is 376 g/mol. The lowest BCUT2D eigenvalue weighted by Gasteiger charge is -2.33. The van der Waals surface area contributed by atoms with Crippen molar-refractivity contribution in [3.05, 3.63) is 53.0 Å². The number of carbonyl (C=O) groups excluding carboxylic acids is 2. The third kappa shape index (κ3) is 3.35. The SMILES string of the molecule is NC(=O)C1CN(C(=O)COc2ccccc2Br)c2ccccc2O1. The predicted octanol–water partition coefficient (Wildman–Crippen LogP) is 2.11. The third-order valence-corrected chi connectivity index (χ3v) is 4.23. The number of anilines is 1. The Hall–Kier alpha value is -2.54. The van der Waals surface area contributed by atoms with E-state index in [9.17, 15) is 9.59 Å². The molecule has 2 aromatic rings. The molecule has 1 unspecified atom stereocenters. The minimum absolute atomic E-state index is 0.0600. The van der Waals surface area contributed by atoms with Crippen LogP contribution >= 0.6 is 15.9 Å². The number of hydrogen-bond acceptors (Lipinski definition) is 4. The van der Waals surface area contributed by atoms with Gasteiger partial charge in [0.05, 0.1) is 16.7 Å². The lowest BCUT2D eigenvalue weighted by Crippen LogP contribution is -2.50. The molecule has 2 N–H and O–H groups in total. The van der Waals surface area contributed by atoms with Gasteiger partial charge in [0.2, 0.25) is 0 Å². The molecule has 24 heavy (non-hydrogen) atoms. The predicted molar refractivity (Wildman–Crippen MR) is 92.0 cm³/mol. The van der Waals surface area contributed by atoms with E-state index in [4.69, 9.17) is 15.2 Å². The number of rotatable bonds is 4. The number of benzene rings is 2. The molecule has 2 amide bonds. The lowest BCUT2D eigenvalue weighted by molar-refractivity contribution is -0.125. The highest BCUT2D eigenvalue weighted by atomic mass is 79.9. The minimum Gasteiger partial charge on any atom is -0.483 e. The molecule has 0 bridgehead atoms. The normalized spacial score (nSPS) is 16.0. The van der Waals surface area contributed by atoms with E-state index in [1.54, 1.807) is 30.3 Å². The first-order chi connectivity index (χ1) is 11.6. The van der Waals surface area contributed by atoms with E-state index in [0.29, 0.717) is 17.2 Å². The number of ether oxygens (including phenoxy) is 2. The maximum atomic E-state index is 12.6. The fourth-order valence-electron chi connectivity index (χ4n) is 2.40. The Morgan fingerprint density at radius 2 is 1.92 bits per heavy atom. The third-order valence-electron chi connectivity index (χ3n) is 3.58. The van der Waals surface area contributed by atoms with Gasteiger partial charge >= 0.3 is 0 Å². The summed E-state index contributed by atoms with van der Waals surface area (Å²) >= 11 is 3.37. The number of para-hydroxylation sites is 3. The van der Waals surface area contributed by atoms with Crippen LogP contribution in [0.2, 0.25) is 0 Å². The van der Waals surface area contributed by atoms with Crippen LogP contribution in [0.1, 0.15) is 0 Å².